The molecule has 0 heterocycles. The van der Waals surface area contributed by atoms with Gasteiger partial charge in [-0.05, 0) is 0 Å². The van der Waals surface area contributed by atoms with Crippen molar-refractivity contribution in [2.24, 2.45) is 0 Å². The molecule has 0 amide bonds. The van der Waals surface area contributed by atoms with Gasteiger partial charge in [-0.25, -0.2) is 0 Å². The summed E-state index contributed by atoms with van der Waals surface area (Å²) in [7, 11) is 0. The fourth-order valence-corrected chi connectivity index (χ4v) is 1.25. The highest BCUT2D eigenvalue weighted by Gasteiger charge is 2.78. The van der Waals surface area contributed by atoms with Crippen molar-refractivity contribution in [3.63, 3.8) is 0 Å². The Morgan fingerprint density at radius 3 is 1.10 bits per heavy atom. The van der Waals surface area contributed by atoms with Crippen LogP contribution in [0.5, 0.6) is 0 Å². The minimum absolute atomic E-state index is 1.95. The molecule has 1 aliphatic rings. The van der Waals surface area contributed by atoms with Gasteiger partial charge in [0.25, 0.3) is 0 Å². The van der Waals surface area contributed by atoms with Crippen LogP contribution < -0.4 is 0 Å². The van der Waals surface area contributed by atoms with E-state index in [1.807, 2.05) is 0 Å². The maximum absolute atomic E-state index is 12.0. The first-order chi connectivity index (χ1) is 4.32. The highest BCUT2D eigenvalue weighted by molar-refractivity contribution is 6.32. The Bertz CT molecular complexity index is 139. The van der Waals surface area contributed by atoms with Crippen LogP contribution >= 0.6 is 23.2 Å². The van der Waals surface area contributed by atoms with Gasteiger partial charge in [-0.15, -0.1) is 23.2 Å². The van der Waals surface area contributed by atoms with Gasteiger partial charge in [0.05, 0.1) is 0 Å². The van der Waals surface area contributed by atoms with E-state index in [1.165, 1.54) is 0 Å². The fraction of sp³-hybridized carbons (Fsp3) is 1.00. The first-order valence-corrected chi connectivity index (χ1v) is 3.23. The molecule has 10 heavy (non-hydrogen) atoms. The Morgan fingerprint density at radius 1 is 0.800 bits per heavy atom. The molecular formula is C4H2Cl2F4. The number of hydrogen-bond acceptors (Lipinski definition) is 0. The first-order valence-electron chi connectivity index (χ1n) is 2.35. The van der Waals surface area contributed by atoms with Crippen LogP contribution in [0.3, 0.4) is 0 Å². The van der Waals surface area contributed by atoms with Crippen LogP contribution in [0.15, 0.2) is 0 Å². The summed E-state index contributed by atoms with van der Waals surface area (Å²) in [4.78, 5) is 0. The SMILES string of the molecule is FC1(F)C(Cl)C(Cl)C1(F)F. The summed E-state index contributed by atoms with van der Waals surface area (Å²) in [5.74, 6) is -8.30. The lowest BCUT2D eigenvalue weighted by Gasteiger charge is -2.44. The third kappa shape index (κ3) is 0.691. The van der Waals surface area contributed by atoms with E-state index in [2.05, 4.69) is 0 Å². The van der Waals surface area contributed by atoms with Gasteiger partial charge >= 0.3 is 11.8 Å². The van der Waals surface area contributed by atoms with E-state index in [0.717, 1.165) is 0 Å². The lowest BCUT2D eigenvalue weighted by atomic mass is 9.88. The van der Waals surface area contributed by atoms with E-state index in [9.17, 15) is 17.6 Å². The van der Waals surface area contributed by atoms with Crippen LogP contribution in [0.4, 0.5) is 17.6 Å². The molecular weight excluding hydrogens is 195 g/mol. The number of alkyl halides is 6. The van der Waals surface area contributed by atoms with Crippen molar-refractivity contribution >= 4 is 23.2 Å². The van der Waals surface area contributed by atoms with Gasteiger partial charge < -0.3 is 0 Å². The molecule has 0 N–H and O–H groups in total. The van der Waals surface area contributed by atoms with Gasteiger partial charge in [0.2, 0.25) is 0 Å². The summed E-state index contributed by atoms with van der Waals surface area (Å²) >= 11 is 9.63. The molecule has 0 aromatic rings. The number of hydrogen-bond donors (Lipinski definition) is 0. The molecule has 0 nitrogen and oxygen atoms in total. The van der Waals surface area contributed by atoms with Crippen molar-refractivity contribution in [3.8, 4) is 0 Å². The second kappa shape index (κ2) is 1.91. The van der Waals surface area contributed by atoms with Crippen LogP contribution in [0.2, 0.25) is 0 Å². The predicted molar refractivity (Wildman–Crippen MR) is 29.2 cm³/mol. The monoisotopic (exact) mass is 196 g/mol. The van der Waals surface area contributed by atoms with Crippen LogP contribution in [0, 0.1) is 0 Å². The maximum atomic E-state index is 12.0. The Balaban J connectivity index is 2.82. The molecule has 1 aliphatic carbocycles. The zero-order valence-corrected chi connectivity index (χ0v) is 5.93. The van der Waals surface area contributed by atoms with E-state index in [4.69, 9.17) is 23.2 Å². The standard InChI is InChI=1S/C4H2Cl2F4/c5-1-2(6)4(9,10)3(1,7)8/h1-2H. The van der Waals surface area contributed by atoms with Crippen LogP contribution in [-0.4, -0.2) is 22.6 Å². The van der Waals surface area contributed by atoms with Crippen molar-refractivity contribution in [3.05, 3.63) is 0 Å². The molecule has 0 bridgehead atoms. The van der Waals surface area contributed by atoms with E-state index < -0.39 is 22.6 Å². The molecule has 0 saturated heterocycles. The van der Waals surface area contributed by atoms with Crippen LogP contribution in [-0.2, 0) is 0 Å². The number of rotatable bonds is 0. The van der Waals surface area contributed by atoms with E-state index in [-0.39, 0.29) is 0 Å². The van der Waals surface area contributed by atoms with Crippen molar-refractivity contribution in [1.82, 2.24) is 0 Å². The Morgan fingerprint density at radius 2 is 1.00 bits per heavy atom. The van der Waals surface area contributed by atoms with Crippen molar-refractivity contribution in [1.29, 1.82) is 0 Å². The highest BCUT2D eigenvalue weighted by atomic mass is 35.5. The summed E-state index contributed by atoms with van der Waals surface area (Å²) in [5, 5.41) is -3.91. The lowest BCUT2D eigenvalue weighted by molar-refractivity contribution is -0.266. The molecule has 1 saturated carbocycles. The molecule has 1 rings (SSSR count). The largest absolute Gasteiger partial charge is 0.329 e. The molecule has 0 aromatic heterocycles. The maximum Gasteiger partial charge on any atom is 0.329 e. The molecule has 2 atom stereocenters. The second-order valence-electron chi connectivity index (χ2n) is 2.05. The summed E-state index contributed by atoms with van der Waals surface area (Å²) in [6.45, 7) is 0. The summed E-state index contributed by atoms with van der Waals surface area (Å²) in [6, 6.07) is 0. The molecule has 60 valence electrons. The van der Waals surface area contributed by atoms with E-state index >= 15 is 0 Å². The van der Waals surface area contributed by atoms with Crippen molar-refractivity contribution in [2.75, 3.05) is 0 Å². The van der Waals surface area contributed by atoms with Crippen LogP contribution in [0.25, 0.3) is 0 Å². The fourth-order valence-electron chi connectivity index (χ4n) is 0.639. The van der Waals surface area contributed by atoms with Gasteiger partial charge in [0.1, 0.15) is 10.8 Å². The average Bonchev–Trinajstić information content (AvgIpc) is 1.84. The second-order valence-corrected chi connectivity index (χ2v) is 2.99. The van der Waals surface area contributed by atoms with E-state index in [0.29, 0.717) is 0 Å². The highest BCUT2D eigenvalue weighted by Crippen LogP contribution is 2.56. The van der Waals surface area contributed by atoms with Gasteiger partial charge in [-0.1, -0.05) is 0 Å². The third-order valence-corrected chi connectivity index (χ3v) is 2.58. The summed E-state index contributed by atoms with van der Waals surface area (Å²) in [6.07, 6.45) is 0. The predicted octanol–water partition coefficient (Wildman–Crippen LogP) is 2.49. The zero-order chi connectivity index (χ0) is 8.15. The number of halogens is 6. The molecule has 0 radical (unpaired) electrons. The Kier molecular flexibility index (Phi) is 1.61. The summed E-state index contributed by atoms with van der Waals surface area (Å²) in [5.41, 5.74) is 0. The van der Waals surface area contributed by atoms with Crippen molar-refractivity contribution < 1.29 is 17.6 Å². The quantitative estimate of drug-likeness (QED) is 0.413. The molecule has 2 unspecified atom stereocenters. The summed E-state index contributed by atoms with van der Waals surface area (Å²) < 4.78 is 48.0. The zero-order valence-electron chi connectivity index (χ0n) is 4.42. The topological polar surface area (TPSA) is 0 Å². The van der Waals surface area contributed by atoms with Gasteiger partial charge in [0, 0.05) is 0 Å². The lowest BCUT2D eigenvalue weighted by Crippen LogP contribution is -2.69. The Hall–Kier alpha value is 0.300. The smallest absolute Gasteiger partial charge is 0.198 e. The van der Waals surface area contributed by atoms with Gasteiger partial charge in [0.15, 0.2) is 0 Å². The van der Waals surface area contributed by atoms with Crippen molar-refractivity contribution in [2.45, 2.75) is 22.6 Å². The van der Waals surface area contributed by atoms with Gasteiger partial charge in [-0.2, -0.15) is 17.6 Å². The molecule has 6 heteroatoms. The minimum atomic E-state index is -4.15. The van der Waals surface area contributed by atoms with E-state index in [1.54, 1.807) is 0 Å². The normalized spacial score (nSPS) is 42.6. The third-order valence-electron chi connectivity index (χ3n) is 1.39. The van der Waals surface area contributed by atoms with Crippen LogP contribution in [0.1, 0.15) is 0 Å². The molecule has 0 aromatic carbocycles. The minimum Gasteiger partial charge on any atom is -0.198 e. The van der Waals surface area contributed by atoms with Gasteiger partial charge in [-0.3, -0.25) is 0 Å². The molecule has 0 spiro atoms. The Labute approximate surface area is 64.1 Å². The molecule has 0 aliphatic heterocycles. The first kappa shape index (κ1) is 8.40. The average molecular weight is 197 g/mol. The molecule has 1 fully saturated rings.